The Morgan fingerprint density at radius 3 is 2.79 bits per heavy atom. The van der Waals surface area contributed by atoms with Crippen LogP contribution in [0.3, 0.4) is 0 Å². The van der Waals surface area contributed by atoms with Crippen LogP contribution in [0, 0.1) is 0 Å². The maximum atomic E-state index is 12.4. The number of carbonyl (C=O) groups excluding carboxylic acids is 1. The number of carbonyl (C=O) groups is 1. The zero-order chi connectivity index (χ0) is 13.8. The quantitative estimate of drug-likeness (QED) is 0.793. The summed E-state index contributed by atoms with van der Waals surface area (Å²) in [5, 5.41) is 3.74. The van der Waals surface area contributed by atoms with Gasteiger partial charge in [-0.05, 0) is 53.2 Å². The average molecular weight is 407 g/mol. The minimum Gasteiger partial charge on any atom is -0.348 e. The van der Waals surface area contributed by atoms with E-state index in [9.17, 15) is 4.79 Å². The van der Waals surface area contributed by atoms with E-state index in [4.69, 9.17) is 0 Å². The van der Waals surface area contributed by atoms with Crippen LogP contribution in [-0.4, -0.2) is 23.5 Å². The highest BCUT2D eigenvalue weighted by molar-refractivity contribution is 9.11. The van der Waals surface area contributed by atoms with E-state index in [0.29, 0.717) is 16.9 Å². The lowest BCUT2D eigenvalue weighted by Crippen LogP contribution is -2.43. The maximum Gasteiger partial charge on any atom is 0.252 e. The summed E-state index contributed by atoms with van der Waals surface area (Å²) in [6, 6.07) is 5.97. The van der Waals surface area contributed by atoms with Crippen LogP contribution in [0.2, 0.25) is 0 Å². The van der Waals surface area contributed by atoms with Gasteiger partial charge in [-0.25, -0.2) is 0 Å². The third-order valence-corrected chi connectivity index (χ3v) is 5.85. The van der Waals surface area contributed by atoms with Crippen LogP contribution in [0.15, 0.2) is 27.1 Å². The Morgan fingerprint density at radius 2 is 2.05 bits per heavy atom. The molecule has 104 valence electrons. The summed E-state index contributed by atoms with van der Waals surface area (Å²) in [6.07, 6.45) is 6.90. The first-order valence-corrected chi connectivity index (χ1v) is 9.28. The number of thioether (sulfide) groups is 1. The van der Waals surface area contributed by atoms with Gasteiger partial charge in [0.1, 0.15) is 0 Å². The number of benzene rings is 1. The van der Waals surface area contributed by atoms with Gasteiger partial charge in [0, 0.05) is 20.2 Å². The molecule has 0 aliphatic heterocycles. The Hall–Kier alpha value is -0.000000000000000111. The Balaban J connectivity index is 2.09. The van der Waals surface area contributed by atoms with Gasteiger partial charge in [0.25, 0.3) is 5.91 Å². The van der Waals surface area contributed by atoms with Crippen molar-refractivity contribution in [3.05, 3.63) is 32.7 Å². The van der Waals surface area contributed by atoms with Gasteiger partial charge in [0.05, 0.1) is 5.56 Å². The molecule has 2 unspecified atom stereocenters. The van der Waals surface area contributed by atoms with Crippen molar-refractivity contribution in [3.63, 3.8) is 0 Å². The van der Waals surface area contributed by atoms with Gasteiger partial charge in [-0.3, -0.25) is 4.79 Å². The molecule has 1 aliphatic rings. The highest BCUT2D eigenvalue weighted by atomic mass is 79.9. The Morgan fingerprint density at radius 1 is 1.32 bits per heavy atom. The second-order valence-corrected chi connectivity index (χ2v) is 7.61. The molecule has 0 radical (unpaired) electrons. The van der Waals surface area contributed by atoms with Gasteiger partial charge in [-0.15, -0.1) is 0 Å². The van der Waals surface area contributed by atoms with E-state index < -0.39 is 0 Å². The Kier molecular flexibility index (Phi) is 5.78. The summed E-state index contributed by atoms with van der Waals surface area (Å²) < 4.78 is 1.76. The van der Waals surface area contributed by atoms with Crippen molar-refractivity contribution in [1.29, 1.82) is 0 Å². The fraction of sp³-hybridized carbons (Fsp3) is 0.500. The highest BCUT2D eigenvalue weighted by Gasteiger charge is 2.26. The maximum absolute atomic E-state index is 12.4. The number of hydrogen-bond acceptors (Lipinski definition) is 2. The van der Waals surface area contributed by atoms with Gasteiger partial charge in [0.2, 0.25) is 0 Å². The van der Waals surface area contributed by atoms with Crippen LogP contribution in [0.4, 0.5) is 0 Å². The largest absolute Gasteiger partial charge is 0.348 e. The molecule has 1 aromatic carbocycles. The molecule has 19 heavy (non-hydrogen) atoms. The molecule has 2 rings (SSSR count). The summed E-state index contributed by atoms with van der Waals surface area (Å²) in [5.74, 6) is 0.0131. The van der Waals surface area contributed by atoms with E-state index in [1.807, 2.05) is 30.0 Å². The summed E-state index contributed by atoms with van der Waals surface area (Å²) >= 11 is 8.71. The molecule has 2 nitrogen and oxygen atoms in total. The first kappa shape index (κ1) is 15.4. The molecule has 0 bridgehead atoms. The molecule has 1 fully saturated rings. The molecule has 1 N–H and O–H groups in total. The minimum atomic E-state index is 0.0131. The van der Waals surface area contributed by atoms with E-state index in [1.165, 1.54) is 19.3 Å². The van der Waals surface area contributed by atoms with Gasteiger partial charge >= 0.3 is 0 Å². The molecule has 0 spiro atoms. The van der Waals surface area contributed by atoms with Crippen LogP contribution in [0.5, 0.6) is 0 Å². The molecule has 0 aromatic heterocycles. The van der Waals surface area contributed by atoms with Crippen molar-refractivity contribution in [2.75, 3.05) is 6.26 Å². The van der Waals surface area contributed by atoms with Gasteiger partial charge in [-0.2, -0.15) is 11.8 Å². The van der Waals surface area contributed by atoms with E-state index >= 15 is 0 Å². The van der Waals surface area contributed by atoms with Crippen molar-refractivity contribution in [3.8, 4) is 0 Å². The van der Waals surface area contributed by atoms with E-state index in [1.54, 1.807) is 0 Å². The molecule has 1 aliphatic carbocycles. The summed E-state index contributed by atoms with van der Waals surface area (Å²) in [6.45, 7) is 0. The van der Waals surface area contributed by atoms with Gasteiger partial charge in [-0.1, -0.05) is 28.8 Å². The first-order chi connectivity index (χ1) is 9.11. The lowest BCUT2D eigenvalue weighted by molar-refractivity contribution is 0.0928. The lowest BCUT2D eigenvalue weighted by atomic mass is 9.94. The Labute approximate surface area is 135 Å². The molecule has 2 atom stereocenters. The summed E-state index contributed by atoms with van der Waals surface area (Å²) in [4.78, 5) is 12.4. The van der Waals surface area contributed by atoms with Crippen molar-refractivity contribution >= 4 is 49.5 Å². The number of halogens is 2. The molecule has 1 amide bonds. The van der Waals surface area contributed by atoms with Crippen LogP contribution in [-0.2, 0) is 0 Å². The molecule has 5 heteroatoms. The number of rotatable bonds is 3. The lowest BCUT2D eigenvalue weighted by Gasteiger charge is -2.31. The fourth-order valence-corrected chi connectivity index (χ4v) is 4.18. The zero-order valence-corrected chi connectivity index (χ0v) is 14.8. The van der Waals surface area contributed by atoms with Crippen LogP contribution in [0.1, 0.15) is 36.0 Å². The van der Waals surface area contributed by atoms with Gasteiger partial charge in [0.15, 0.2) is 0 Å². The predicted octanol–water partition coefficient (Wildman–Crippen LogP) is 4.62. The van der Waals surface area contributed by atoms with Crippen LogP contribution in [0.25, 0.3) is 0 Å². The number of nitrogens with one attached hydrogen (secondary N) is 1. The molecule has 1 saturated carbocycles. The minimum absolute atomic E-state index is 0.0131. The topological polar surface area (TPSA) is 29.1 Å². The van der Waals surface area contributed by atoms with Crippen molar-refractivity contribution in [1.82, 2.24) is 5.32 Å². The molecular weight excluding hydrogens is 390 g/mol. The highest BCUT2D eigenvalue weighted by Crippen LogP contribution is 2.28. The SMILES string of the molecule is CSC1CCCCC1NC(=O)c1cc(Br)ccc1Br. The predicted molar refractivity (Wildman–Crippen MR) is 88.9 cm³/mol. The molecule has 0 heterocycles. The fourth-order valence-electron chi connectivity index (χ4n) is 2.46. The average Bonchev–Trinajstić information content (AvgIpc) is 2.42. The van der Waals surface area contributed by atoms with Crippen LogP contribution < -0.4 is 5.32 Å². The normalized spacial score (nSPS) is 23.1. The summed E-state index contributed by atoms with van der Waals surface area (Å²) in [7, 11) is 0. The first-order valence-electron chi connectivity index (χ1n) is 6.40. The van der Waals surface area contributed by atoms with E-state index in [-0.39, 0.29) is 5.91 Å². The molecular formula is C14H17Br2NOS. The van der Waals surface area contributed by atoms with Crippen molar-refractivity contribution in [2.45, 2.75) is 37.0 Å². The number of hydrogen-bond donors (Lipinski definition) is 1. The van der Waals surface area contributed by atoms with Crippen molar-refractivity contribution in [2.24, 2.45) is 0 Å². The van der Waals surface area contributed by atoms with E-state index in [0.717, 1.165) is 15.4 Å². The summed E-state index contributed by atoms with van der Waals surface area (Å²) in [5.41, 5.74) is 0.694. The van der Waals surface area contributed by atoms with Crippen LogP contribution >= 0.6 is 43.6 Å². The Bertz CT molecular complexity index is 467. The third-order valence-electron chi connectivity index (χ3n) is 3.49. The molecule has 0 saturated heterocycles. The smallest absolute Gasteiger partial charge is 0.252 e. The third kappa shape index (κ3) is 3.99. The van der Waals surface area contributed by atoms with Gasteiger partial charge < -0.3 is 5.32 Å². The van der Waals surface area contributed by atoms with E-state index in [2.05, 4.69) is 43.4 Å². The van der Waals surface area contributed by atoms with Crippen molar-refractivity contribution < 1.29 is 4.79 Å². The second kappa shape index (κ2) is 7.14. The molecule has 1 aromatic rings. The number of amides is 1. The zero-order valence-electron chi connectivity index (χ0n) is 10.8. The second-order valence-electron chi connectivity index (χ2n) is 4.76. The standard InChI is InChI=1S/C14H17Br2NOS/c1-19-13-5-3-2-4-12(13)17-14(18)10-8-9(15)6-7-11(10)16/h6-8,12-13H,2-5H2,1H3,(H,17,18). The monoisotopic (exact) mass is 405 g/mol.